The first kappa shape index (κ1) is 13.3. The van der Waals surface area contributed by atoms with Crippen molar-refractivity contribution in [2.24, 2.45) is 5.92 Å². The van der Waals surface area contributed by atoms with Gasteiger partial charge in [-0.05, 0) is 60.5 Å². The number of rotatable bonds is 2. The molecule has 1 unspecified atom stereocenters. The number of aryl methyl sites for hydroxylation is 1. The number of ether oxygens (including phenoxy) is 1. The Morgan fingerprint density at radius 1 is 1.42 bits per heavy atom. The molecule has 2 fully saturated rings. The van der Waals surface area contributed by atoms with Gasteiger partial charge in [0, 0.05) is 22.6 Å². The van der Waals surface area contributed by atoms with Crippen LogP contribution in [-0.2, 0) is 4.74 Å². The molecule has 1 saturated carbocycles. The van der Waals surface area contributed by atoms with Crippen molar-refractivity contribution < 1.29 is 9.53 Å². The molecule has 3 rings (SSSR count). The van der Waals surface area contributed by atoms with E-state index in [4.69, 9.17) is 4.74 Å². The lowest BCUT2D eigenvalue weighted by Gasteiger charge is -2.46. The van der Waals surface area contributed by atoms with E-state index in [2.05, 4.69) is 15.9 Å². The quantitative estimate of drug-likeness (QED) is 0.759. The van der Waals surface area contributed by atoms with Crippen LogP contribution in [0.2, 0.25) is 0 Å². The standard InChI is InChI=1S/C16H19BrO2/c1-11-4-2-5-13(14(11)17)15(18)12-6-9-19-16(10-12)7-3-8-16/h2,4-5,12H,3,6-10H2,1H3. The fourth-order valence-electron chi connectivity index (χ4n) is 3.23. The number of ketones is 1. The Morgan fingerprint density at radius 2 is 2.21 bits per heavy atom. The van der Waals surface area contributed by atoms with Gasteiger partial charge in [-0.15, -0.1) is 0 Å². The molecule has 19 heavy (non-hydrogen) atoms. The van der Waals surface area contributed by atoms with Crippen molar-refractivity contribution >= 4 is 21.7 Å². The van der Waals surface area contributed by atoms with Crippen LogP contribution in [0.25, 0.3) is 0 Å². The Bertz CT molecular complexity index is 505. The van der Waals surface area contributed by atoms with Crippen LogP contribution in [0.1, 0.15) is 48.0 Å². The molecule has 3 heteroatoms. The molecule has 2 aliphatic rings. The Hall–Kier alpha value is -0.670. The predicted molar refractivity (Wildman–Crippen MR) is 78.5 cm³/mol. The number of hydrogen-bond donors (Lipinski definition) is 0. The summed E-state index contributed by atoms with van der Waals surface area (Å²) >= 11 is 3.55. The normalized spacial score (nSPS) is 25.1. The lowest BCUT2D eigenvalue weighted by Crippen LogP contribution is -2.47. The average Bonchev–Trinajstić information content (AvgIpc) is 2.39. The van der Waals surface area contributed by atoms with Gasteiger partial charge < -0.3 is 4.74 Å². The van der Waals surface area contributed by atoms with Gasteiger partial charge in [-0.2, -0.15) is 0 Å². The van der Waals surface area contributed by atoms with Gasteiger partial charge in [0.2, 0.25) is 0 Å². The van der Waals surface area contributed by atoms with E-state index >= 15 is 0 Å². The highest BCUT2D eigenvalue weighted by atomic mass is 79.9. The SMILES string of the molecule is Cc1cccc(C(=O)C2CCOC3(CCC3)C2)c1Br. The van der Waals surface area contributed by atoms with E-state index in [0.717, 1.165) is 47.9 Å². The molecule has 1 aliphatic carbocycles. The number of benzene rings is 1. The Morgan fingerprint density at radius 3 is 2.89 bits per heavy atom. The van der Waals surface area contributed by atoms with Gasteiger partial charge in [0.25, 0.3) is 0 Å². The summed E-state index contributed by atoms with van der Waals surface area (Å²) in [7, 11) is 0. The summed E-state index contributed by atoms with van der Waals surface area (Å²) in [6, 6.07) is 5.92. The first-order valence-corrected chi connectivity index (χ1v) is 7.84. The van der Waals surface area contributed by atoms with E-state index in [9.17, 15) is 4.79 Å². The van der Waals surface area contributed by atoms with Crippen LogP contribution in [0.4, 0.5) is 0 Å². The van der Waals surface area contributed by atoms with Gasteiger partial charge in [0.15, 0.2) is 5.78 Å². The maximum Gasteiger partial charge on any atom is 0.167 e. The van der Waals surface area contributed by atoms with Crippen molar-refractivity contribution in [2.45, 2.75) is 44.6 Å². The van der Waals surface area contributed by atoms with E-state index in [0.29, 0.717) is 0 Å². The minimum Gasteiger partial charge on any atom is -0.375 e. The third-order valence-electron chi connectivity index (χ3n) is 4.59. The van der Waals surface area contributed by atoms with Crippen LogP contribution < -0.4 is 0 Å². The zero-order chi connectivity index (χ0) is 13.5. The van der Waals surface area contributed by atoms with Gasteiger partial charge in [0.05, 0.1) is 5.60 Å². The van der Waals surface area contributed by atoms with E-state index in [-0.39, 0.29) is 17.3 Å². The van der Waals surface area contributed by atoms with Gasteiger partial charge >= 0.3 is 0 Å². The number of carbonyl (C=O) groups excluding carboxylic acids is 1. The molecule has 0 radical (unpaired) electrons. The molecule has 1 heterocycles. The number of hydrogen-bond acceptors (Lipinski definition) is 2. The van der Waals surface area contributed by atoms with Crippen molar-refractivity contribution in [3.05, 3.63) is 33.8 Å². The first-order chi connectivity index (χ1) is 9.11. The molecule has 1 aromatic rings. The van der Waals surface area contributed by atoms with Crippen molar-refractivity contribution in [1.82, 2.24) is 0 Å². The molecule has 1 saturated heterocycles. The highest BCUT2D eigenvalue weighted by Gasteiger charge is 2.44. The minimum absolute atomic E-state index is 0.0366. The molecular weight excluding hydrogens is 304 g/mol. The van der Waals surface area contributed by atoms with Crippen molar-refractivity contribution in [3.8, 4) is 0 Å². The predicted octanol–water partition coefficient (Wildman–Crippen LogP) is 4.29. The highest BCUT2D eigenvalue weighted by Crippen LogP contribution is 2.45. The van der Waals surface area contributed by atoms with Gasteiger partial charge in [-0.25, -0.2) is 0 Å². The second kappa shape index (κ2) is 5.02. The third kappa shape index (κ3) is 2.38. The monoisotopic (exact) mass is 322 g/mol. The number of Topliss-reactive ketones (excluding diaryl/α,β-unsaturated/α-hetero) is 1. The largest absolute Gasteiger partial charge is 0.375 e. The minimum atomic E-state index is 0.0366. The van der Waals surface area contributed by atoms with E-state index in [1.54, 1.807) is 0 Å². The Labute approximate surface area is 122 Å². The summed E-state index contributed by atoms with van der Waals surface area (Å²) in [6.07, 6.45) is 5.28. The second-order valence-corrected chi connectivity index (χ2v) is 6.67. The average molecular weight is 323 g/mol. The van der Waals surface area contributed by atoms with Crippen molar-refractivity contribution in [2.75, 3.05) is 6.61 Å². The second-order valence-electron chi connectivity index (χ2n) is 5.88. The summed E-state index contributed by atoms with van der Waals surface area (Å²) in [5, 5.41) is 0. The summed E-state index contributed by atoms with van der Waals surface area (Å²) < 4.78 is 6.86. The molecule has 0 aromatic heterocycles. The van der Waals surface area contributed by atoms with Crippen LogP contribution in [-0.4, -0.2) is 18.0 Å². The fourth-order valence-corrected chi connectivity index (χ4v) is 3.69. The van der Waals surface area contributed by atoms with Crippen molar-refractivity contribution in [1.29, 1.82) is 0 Å². The van der Waals surface area contributed by atoms with Crippen LogP contribution in [0, 0.1) is 12.8 Å². The molecule has 0 amide bonds. The van der Waals surface area contributed by atoms with Crippen molar-refractivity contribution in [3.63, 3.8) is 0 Å². The summed E-state index contributed by atoms with van der Waals surface area (Å²) in [5.74, 6) is 0.414. The van der Waals surface area contributed by atoms with Gasteiger partial charge in [-0.3, -0.25) is 4.79 Å². The Kier molecular flexibility index (Phi) is 3.52. The molecule has 1 spiro atoms. The zero-order valence-electron chi connectivity index (χ0n) is 11.2. The lowest BCUT2D eigenvalue weighted by atomic mass is 9.70. The maximum atomic E-state index is 12.7. The molecule has 2 nitrogen and oxygen atoms in total. The number of carbonyl (C=O) groups is 1. The van der Waals surface area contributed by atoms with Gasteiger partial charge in [0.1, 0.15) is 0 Å². The summed E-state index contributed by atoms with van der Waals surface area (Å²) in [5.41, 5.74) is 1.99. The maximum absolute atomic E-state index is 12.7. The Balaban J connectivity index is 1.81. The summed E-state index contributed by atoms with van der Waals surface area (Å²) in [6.45, 7) is 2.76. The molecule has 1 aliphatic heterocycles. The smallest absolute Gasteiger partial charge is 0.167 e. The van der Waals surface area contributed by atoms with E-state index < -0.39 is 0 Å². The first-order valence-electron chi connectivity index (χ1n) is 7.05. The number of halogens is 1. The molecule has 1 aromatic carbocycles. The van der Waals surface area contributed by atoms with E-state index in [1.165, 1.54) is 6.42 Å². The van der Waals surface area contributed by atoms with Crippen LogP contribution in [0.3, 0.4) is 0 Å². The molecule has 0 N–H and O–H groups in total. The van der Waals surface area contributed by atoms with E-state index in [1.807, 2.05) is 25.1 Å². The topological polar surface area (TPSA) is 26.3 Å². The summed E-state index contributed by atoms with van der Waals surface area (Å²) in [4.78, 5) is 12.7. The zero-order valence-corrected chi connectivity index (χ0v) is 12.8. The van der Waals surface area contributed by atoms with Gasteiger partial charge in [-0.1, -0.05) is 18.2 Å². The van der Waals surface area contributed by atoms with Crippen LogP contribution >= 0.6 is 15.9 Å². The van der Waals surface area contributed by atoms with Crippen LogP contribution in [0.15, 0.2) is 22.7 Å². The molecule has 0 bridgehead atoms. The van der Waals surface area contributed by atoms with Crippen LogP contribution in [0.5, 0.6) is 0 Å². The fraction of sp³-hybridized carbons (Fsp3) is 0.562. The lowest BCUT2D eigenvalue weighted by molar-refractivity contribution is -0.137. The highest BCUT2D eigenvalue weighted by molar-refractivity contribution is 9.10. The molecule has 1 atom stereocenters. The third-order valence-corrected chi connectivity index (χ3v) is 5.64. The molecular formula is C16H19BrO2. The molecule has 102 valence electrons.